The predicted molar refractivity (Wildman–Crippen MR) is 68.7 cm³/mol. The number of anilines is 1. The predicted octanol–water partition coefficient (Wildman–Crippen LogP) is 2.60. The van der Waals surface area contributed by atoms with Crippen molar-refractivity contribution in [1.29, 1.82) is 0 Å². The highest BCUT2D eigenvalue weighted by molar-refractivity contribution is 5.68. The summed E-state index contributed by atoms with van der Waals surface area (Å²) in [4.78, 5) is 11.5. The third-order valence-corrected chi connectivity index (χ3v) is 2.12. The fraction of sp³-hybridized carbons (Fsp3) is 0.462. The second-order valence-electron chi connectivity index (χ2n) is 5.06. The zero-order chi connectivity index (χ0) is 13.1. The first-order valence-corrected chi connectivity index (χ1v) is 5.60. The van der Waals surface area contributed by atoms with Crippen LogP contribution in [0.1, 0.15) is 31.9 Å². The number of benzene rings is 1. The van der Waals surface area contributed by atoms with Crippen LogP contribution in [0.3, 0.4) is 0 Å². The third kappa shape index (κ3) is 4.76. The van der Waals surface area contributed by atoms with Crippen molar-refractivity contribution in [2.75, 3.05) is 5.73 Å². The molecule has 0 unspecified atom stereocenters. The molecule has 0 fully saturated rings. The van der Waals surface area contributed by atoms with Gasteiger partial charge in [-0.25, -0.2) is 4.79 Å². The first-order valence-electron chi connectivity index (χ1n) is 5.60. The summed E-state index contributed by atoms with van der Waals surface area (Å²) in [6, 6.07) is 5.72. The smallest absolute Gasteiger partial charge is 0.407 e. The number of nitrogens with two attached hydrogens (primary N) is 1. The molecule has 1 aromatic rings. The van der Waals surface area contributed by atoms with Gasteiger partial charge in [-0.15, -0.1) is 0 Å². The molecule has 17 heavy (non-hydrogen) atoms. The number of ether oxygens (including phenoxy) is 1. The highest BCUT2D eigenvalue weighted by atomic mass is 16.6. The molecule has 0 aliphatic carbocycles. The van der Waals surface area contributed by atoms with E-state index in [2.05, 4.69) is 5.32 Å². The molecule has 1 amide bonds. The minimum atomic E-state index is -0.484. The van der Waals surface area contributed by atoms with Crippen molar-refractivity contribution >= 4 is 11.8 Å². The lowest BCUT2D eigenvalue weighted by molar-refractivity contribution is 0.0523. The molecule has 0 aliphatic heterocycles. The van der Waals surface area contributed by atoms with Crippen molar-refractivity contribution in [1.82, 2.24) is 5.32 Å². The zero-order valence-corrected chi connectivity index (χ0v) is 10.8. The van der Waals surface area contributed by atoms with E-state index < -0.39 is 11.7 Å². The Labute approximate surface area is 102 Å². The molecule has 4 heteroatoms. The molecule has 1 rings (SSSR count). The van der Waals surface area contributed by atoms with Crippen LogP contribution in [0.2, 0.25) is 0 Å². The van der Waals surface area contributed by atoms with Gasteiger partial charge in [-0.2, -0.15) is 0 Å². The number of rotatable bonds is 2. The first-order chi connectivity index (χ1) is 7.78. The summed E-state index contributed by atoms with van der Waals surface area (Å²) in [5, 5.41) is 2.68. The molecule has 0 atom stereocenters. The summed E-state index contributed by atoms with van der Waals surface area (Å²) in [6.07, 6.45) is -0.432. The Hall–Kier alpha value is -1.71. The molecule has 0 heterocycles. The molecular weight excluding hydrogens is 216 g/mol. The molecule has 0 saturated heterocycles. The monoisotopic (exact) mass is 236 g/mol. The number of nitrogen functional groups attached to an aromatic ring is 1. The molecule has 1 aromatic carbocycles. The summed E-state index contributed by atoms with van der Waals surface area (Å²) in [5.41, 5.74) is 8.01. The van der Waals surface area contributed by atoms with Crippen LogP contribution in [0.15, 0.2) is 18.2 Å². The molecule has 0 radical (unpaired) electrons. The highest BCUT2D eigenvalue weighted by Crippen LogP contribution is 2.13. The van der Waals surface area contributed by atoms with Crippen LogP contribution < -0.4 is 11.1 Å². The van der Waals surface area contributed by atoms with Gasteiger partial charge in [-0.05, 0) is 39.3 Å². The van der Waals surface area contributed by atoms with Crippen LogP contribution in [0.5, 0.6) is 0 Å². The number of alkyl carbamates (subject to hydrolysis) is 1. The summed E-state index contributed by atoms with van der Waals surface area (Å²) in [7, 11) is 0. The number of amides is 1. The maximum Gasteiger partial charge on any atom is 0.407 e. The quantitative estimate of drug-likeness (QED) is 0.776. The number of aryl methyl sites for hydroxylation is 1. The number of nitrogens with one attached hydrogen (secondary N) is 1. The van der Waals surface area contributed by atoms with Gasteiger partial charge < -0.3 is 15.8 Å². The second-order valence-corrected chi connectivity index (χ2v) is 5.06. The first kappa shape index (κ1) is 13.4. The molecule has 3 N–H and O–H groups in total. The van der Waals surface area contributed by atoms with Crippen LogP contribution in [0.25, 0.3) is 0 Å². The van der Waals surface area contributed by atoms with Crippen LogP contribution in [-0.4, -0.2) is 11.7 Å². The van der Waals surface area contributed by atoms with Gasteiger partial charge in [0.2, 0.25) is 0 Å². The van der Waals surface area contributed by atoms with Crippen molar-refractivity contribution in [3.8, 4) is 0 Å². The van der Waals surface area contributed by atoms with Crippen LogP contribution >= 0.6 is 0 Å². The molecule has 94 valence electrons. The van der Waals surface area contributed by atoms with Gasteiger partial charge in [-0.3, -0.25) is 0 Å². The lowest BCUT2D eigenvalue weighted by atomic mass is 10.1. The van der Waals surface area contributed by atoms with Gasteiger partial charge in [0, 0.05) is 12.2 Å². The van der Waals surface area contributed by atoms with E-state index >= 15 is 0 Å². The summed E-state index contributed by atoms with van der Waals surface area (Å²) >= 11 is 0. The largest absolute Gasteiger partial charge is 0.444 e. The molecular formula is C13H20N2O2. The Morgan fingerprint density at radius 3 is 2.65 bits per heavy atom. The van der Waals surface area contributed by atoms with Crippen LogP contribution in [-0.2, 0) is 11.3 Å². The average molecular weight is 236 g/mol. The lowest BCUT2D eigenvalue weighted by Crippen LogP contribution is -2.32. The maximum atomic E-state index is 11.5. The zero-order valence-electron chi connectivity index (χ0n) is 10.8. The number of hydrogen-bond acceptors (Lipinski definition) is 3. The minimum Gasteiger partial charge on any atom is -0.444 e. The Bertz CT molecular complexity index is 408. The Balaban J connectivity index is 2.56. The minimum absolute atomic E-state index is 0.377. The van der Waals surface area contributed by atoms with E-state index in [4.69, 9.17) is 10.5 Å². The Morgan fingerprint density at radius 1 is 1.41 bits per heavy atom. The van der Waals surface area contributed by atoms with Crippen molar-refractivity contribution in [3.05, 3.63) is 29.3 Å². The SMILES string of the molecule is Cc1ccc(N)c(CNC(=O)OC(C)(C)C)c1. The van der Waals surface area contributed by atoms with Gasteiger partial charge >= 0.3 is 6.09 Å². The average Bonchev–Trinajstić information content (AvgIpc) is 2.17. The number of carbonyl (C=O) groups excluding carboxylic acids is 1. The standard InChI is InChI=1S/C13H20N2O2/c1-9-5-6-11(14)10(7-9)8-15-12(16)17-13(2,3)4/h5-7H,8,14H2,1-4H3,(H,15,16). The van der Waals surface area contributed by atoms with Crippen molar-refractivity contribution in [3.63, 3.8) is 0 Å². The van der Waals surface area contributed by atoms with Crippen molar-refractivity contribution in [2.45, 2.75) is 39.8 Å². The topological polar surface area (TPSA) is 64.3 Å². The fourth-order valence-corrected chi connectivity index (χ4v) is 1.37. The van der Waals surface area contributed by atoms with Gasteiger partial charge in [0.05, 0.1) is 0 Å². The Morgan fingerprint density at radius 2 is 2.06 bits per heavy atom. The van der Waals surface area contributed by atoms with E-state index in [1.54, 1.807) is 0 Å². The van der Waals surface area contributed by atoms with Gasteiger partial charge in [-0.1, -0.05) is 17.7 Å². The highest BCUT2D eigenvalue weighted by Gasteiger charge is 2.15. The van der Waals surface area contributed by atoms with Crippen LogP contribution in [0, 0.1) is 6.92 Å². The molecule has 0 spiro atoms. The third-order valence-electron chi connectivity index (χ3n) is 2.12. The van der Waals surface area contributed by atoms with Gasteiger partial charge in [0.25, 0.3) is 0 Å². The van der Waals surface area contributed by atoms with E-state index in [0.29, 0.717) is 12.2 Å². The van der Waals surface area contributed by atoms with E-state index in [1.165, 1.54) is 0 Å². The normalized spacial score (nSPS) is 11.1. The summed E-state index contributed by atoms with van der Waals surface area (Å²) in [5.74, 6) is 0. The fourth-order valence-electron chi connectivity index (χ4n) is 1.37. The maximum absolute atomic E-state index is 11.5. The van der Waals surface area contributed by atoms with Gasteiger partial charge in [0.1, 0.15) is 5.60 Å². The van der Waals surface area contributed by atoms with Crippen LogP contribution in [0.4, 0.5) is 10.5 Å². The van der Waals surface area contributed by atoms with Gasteiger partial charge in [0.15, 0.2) is 0 Å². The molecule has 4 nitrogen and oxygen atoms in total. The lowest BCUT2D eigenvalue weighted by Gasteiger charge is -2.20. The number of carbonyl (C=O) groups is 1. The summed E-state index contributed by atoms with van der Waals surface area (Å²) in [6.45, 7) is 7.84. The second kappa shape index (κ2) is 5.08. The molecule has 0 saturated carbocycles. The van der Waals surface area contributed by atoms with E-state index in [0.717, 1.165) is 11.1 Å². The molecule has 0 aliphatic rings. The van der Waals surface area contributed by atoms with E-state index in [-0.39, 0.29) is 0 Å². The van der Waals surface area contributed by atoms with E-state index in [9.17, 15) is 4.79 Å². The molecule has 0 aromatic heterocycles. The van der Waals surface area contributed by atoms with Crippen molar-refractivity contribution in [2.24, 2.45) is 0 Å². The summed E-state index contributed by atoms with van der Waals surface area (Å²) < 4.78 is 5.14. The van der Waals surface area contributed by atoms with E-state index in [1.807, 2.05) is 45.9 Å². The molecule has 0 bridgehead atoms. The Kier molecular flexibility index (Phi) is 3.99. The number of hydrogen-bond donors (Lipinski definition) is 2. The van der Waals surface area contributed by atoms with Crippen molar-refractivity contribution < 1.29 is 9.53 Å².